The van der Waals surface area contributed by atoms with Crippen molar-refractivity contribution < 1.29 is 4.79 Å². The number of nitrogens with one attached hydrogen (secondary N) is 3. The molecule has 3 fully saturated rings. The molecule has 7 heteroatoms. The molecule has 0 radical (unpaired) electrons. The van der Waals surface area contributed by atoms with Gasteiger partial charge in [0.1, 0.15) is 5.82 Å². The van der Waals surface area contributed by atoms with Crippen LogP contribution >= 0.6 is 15.9 Å². The second-order valence-corrected chi connectivity index (χ2v) is 10.0. The Labute approximate surface area is 184 Å². The second kappa shape index (κ2) is 6.97. The number of nitrogens with zero attached hydrogens (tertiary/aromatic N) is 2. The van der Waals surface area contributed by atoms with E-state index < -0.39 is 0 Å². The van der Waals surface area contributed by atoms with E-state index in [1.54, 1.807) is 12.4 Å². The number of hydrogen-bond acceptors (Lipinski definition) is 5. The number of hydrogen-bond donors (Lipinski definition) is 3. The first-order chi connectivity index (χ1) is 14.6. The topological polar surface area (TPSA) is 78.9 Å². The van der Waals surface area contributed by atoms with E-state index in [4.69, 9.17) is 0 Å². The first-order valence-corrected chi connectivity index (χ1v) is 11.5. The lowest BCUT2D eigenvalue weighted by Gasteiger charge is -2.33. The Hall–Kier alpha value is -2.09. The molecule has 0 bridgehead atoms. The van der Waals surface area contributed by atoms with Crippen LogP contribution < -0.4 is 16.2 Å². The lowest BCUT2D eigenvalue weighted by atomic mass is 9.73. The van der Waals surface area contributed by atoms with Gasteiger partial charge in [-0.3, -0.25) is 20.6 Å². The van der Waals surface area contributed by atoms with Crippen LogP contribution in [0.15, 0.2) is 47.3 Å². The number of amides is 1. The van der Waals surface area contributed by atoms with Gasteiger partial charge < -0.3 is 5.32 Å². The fraction of sp³-hybridized carbons (Fsp3) is 0.435. The highest BCUT2D eigenvalue weighted by molar-refractivity contribution is 9.10. The largest absolute Gasteiger partial charge is 0.310 e. The molecular weight excluding hydrogens is 442 g/mol. The Morgan fingerprint density at radius 1 is 1.23 bits per heavy atom. The van der Waals surface area contributed by atoms with Gasteiger partial charge in [-0.25, -0.2) is 4.98 Å². The molecular formula is C23H24BrN5O. The predicted molar refractivity (Wildman–Crippen MR) is 118 cm³/mol. The number of rotatable bonds is 3. The molecule has 4 unspecified atom stereocenters. The molecule has 2 aliphatic heterocycles. The average Bonchev–Trinajstić information content (AvgIpc) is 3.31. The molecule has 6 rings (SSSR count). The third kappa shape index (κ3) is 2.87. The van der Waals surface area contributed by atoms with Crippen molar-refractivity contribution >= 4 is 33.7 Å². The van der Waals surface area contributed by atoms with E-state index in [-0.39, 0.29) is 11.3 Å². The zero-order valence-electron chi connectivity index (χ0n) is 16.5. The number of halogens is 1. The molecule has 4 aliphatic rings. The number of fused-ring (bicyclic) bond motifs is 3. The van der Waals surface area contributed by atoms with Crippen LogP contribution in [0.4, 0.5) is 5.82 Å². The molecule has 6 nitrogen and oxygen atoms in total. The number of aromatic nitrogens is 2. The van der Waals surface area contributed by atoms with Crippen LogP contribution in [-0.4, -0.2) is 28.0 Å². The summed E-state index contributed by atoms with van der Waals surface area (Å²) >= 11 is 3.53. The van der Waals surface area contributed by atoms with Gasteiger partial charge in [0, 0.05) is 40.7 Å². The third-order valence-electron chi connectivity index (χ3n) is 7.58. The minimum absolute atomic E-state index is 0.144. The molecule has 1 spiro atoms. The highest BCUT2D eigenvalue weighted by Crippen LogP contribution is 2.64. The van der Waals surface area contributed by atoms with Crippen LogP contribution in [0.3, 0.4) is 0 Å². The molecule has 154 valence electrons. The van der Waals surface area contributed by atoms with E-state index in [1.165, 1.54) is 12.8 Å². The summed E-state index contributed by atoms with van der Waals surface area (Å²) in [4.78, 5) is 21.5. The maximum absolute atomic E-state index is 12.9. The van der Waals surface area contributed by atoms with E-state index in [0.29, 0.717) is 29.8 Å². The standard InChI is InChI=1S/C23H24BrN5O/c24-15-9-17-21(26-12-15)27-22(30)23(17)10-18(23)14-4-5-16-19(28-29-20(16)8-14)6-3-13-2-1-7-25-11-13/h1-3,6-7,9,11-12,14,16,18-20,28-29H,4-5,8,10H2,(H,26,27,30)/b6-3+/t14?,16?,18-,19?,20?,23-/m0/s1. The Kier molecular flexibility index (Phi) is 4.34. The van der Waals surface area contributed by atoms with Gasteiger partial charge in [-0.1, -0.05) is 18.2 Å². The molecule has 2 aliphatic carbocycles. The van der Waals surface area contributed by atoms with Gasteiger partial charge in [0.05, 0.1) is 5.41 Å². The quantitative estimate of drug-likeness (QED) is 0.646. The lowest BCUT2D eigenvalue weighted by Crippen LogP contribution is -2.37. The lowest BCUT2D eigenvalue weighted by molar-refractivity contribution is -0.118. The average molecular weight is 466 g/mol. The summed E-state index contributed by atoms with van der Waals surface area (Å²) in [6.45, 7) is 0. The van der Waals surface area contributed by atoms with E-state index in [9.17, 15) is 4.79 Å². The van der Waals surface area contributed by atoms with Crippen molar-refractivity contribution in [1.29, 1.82) is 0 Å². The van der Waals surface area contributed by atoms with Crippen molar-refractivity contribution in [2.75, 3.05) is 5.32 Å². The first-order valence-electron chi connectivity index (χ1n) is 10.7. The summed E-state index contributed by atoms with van der Waals surface area (Å²) in [6, 6.07) is 6.91. The van der Waals surface area contributed by atoms with Crippen LogP contribution in [0.2, 0.25) is 0 Å². The van der Waals surface area contributed by atoms with Crippen molar-refractivity contribution in [3.05, 3.63) is 58.5 Å². The van der Waals surface area contributed by atoms with E-state index in [1.807, 2.05) is 12.3 Å². The fourth-order valence-corrected chi connectivity index (χ4v) is 6.36. The van der Waals surface area contributed by atoms with Crippen molar-refractivity contribution in [1.82, 2.24) is 20.8 Å². The van der Waals surface area contributed by atoms with Crippen LogP contribution in [0.1, 0.15) is 36.8 Å². The van der Waals surface area contributed by atoms with Gasteiger partial charge in [0.15, 0.2) is 0 Å². The molecule has 6 atom stereocenters. The number of pyridine rings is 2. The number of carbonyl (C=O) groups is 1. The van der Waals surface area contributed by atoms with E-state index in [2.05, 4.69) is 66.4 Å². The summed E-state index contributed by atoms with van der Waals surface area (Å²) in [5, 5.41) is 3.02. The SMILES string of the molecule is O=C1Nc2ncc(Br)cc2[C@]12C[C@H]2C1CCC2C(/C=C/c3cccnc3)NNC2C1. The molecule has 30 heavy (non-hydrogen) atoms. The maximum atomic E-state index is 12.9. The normalized spacial score (nSPS) is 36.7. The van der Waals surface area contributed by atoms with Crippen molar-refractivity contribution in [2.45, 2.75) is 43.2 Å². The summed E-state index contributed by atoms with van der Waals surface area (Å²) < 4.78 is 0.941. The maximum Gasteiger partial charge on any atom is 0.236 e. The number of carbonyl (C=O) groups excluding carboxylic acids is 1. The van der Waals surface area contributed by atoms with Gasteiger partial charge in [-0.2, -0.15) is 0 Å². The van der Waals surface area contributed by atoms with Crippen LogP contribution in [-0.2, 0) is 10.2 Å². The van der Waals surface area contributed by atoms with Crippen molar-refractivity contribution in [2.24, 2.45) is 17.8 Å². The molecule has 2 aromatic rings. The smallest absolute Gasteiger partial charge is 0.236 e. The molecule has 3 N–H and O–H groups in total. The van der Waals surface area contributed by atoms with Gasteiger partial charge in [-0.05, 0) is 77.1 Å². The highest BCUT2D eigenvalue weighted by Gasteiger charge is 2.67. The second-order valence-electron chi connectivity index (χ2n) is 9.09. The Morgan fingerprint density at radius 3 is 3.03 bits per heavy atom. The van der Waals surface area contributed by atoms with Gasteiger partial charge in [0.2, 0.25) is 5.91 Å². The Morgan fingerprint density at radius 2 is 2.17 bits per heavy atom. The van der Waals surface area contributed by atoms with Crippen LogP contribution in [0.25, 0.3) is 6.08 Å². The predicted octanol–water partition coefficient (Wildman–Crippen LogP) is 3.42. The summed E-state index contributed by atoms with van der Waals surface area (Å²) in [6.07, 6.45) is 14.3. The molecule has 4 heterocycles. The molecule has 2 aromatic heterocycles. The van der Waals surface area contributed by atoms with E-state index in [0.717, 1.165) is 34.3 Å². The number of anilines is 1. The molecule has 1 amide bonds. The van der Waals surface area contributed by atoms with E-state index >= 15 is 0 Å². The Balaban J connectivity index is 1.16. The summed E-state index contributed by atoms with van der Waals surface area (Å²) in [5.41, 5.74) is 8.89. The highest BCUT2D eigenvalue weighted by atomic mass is 79.9. The first kappa shape index (κ1) is 18.7. The van der Waals surface area contributed by atoms with Crippen LogP contribution in [0, 0.1) is 17.8 Å². The van der Waals surface area contributed by atoms with Gasteiger partial charge in [0.25, 0.3) is 0 Å². The molecule has 1 saturated heterocycles. The summed E-state index contributed by atoms with van der Waals surface area (Å²) in [5.74, 6) is 2.47. The monoisotopic (exact) mass is 465 g/mol. The Bertz CT molecular complexity index is 1030. The molecule has 2 saturated carbocycles. The molecule has 0 aromatic carbocycles. The zero-order chi connectivity index (χ0) is 20.3. The minimum atomic E-state index is -0.352. The minimum Gasteiger partial charge on any atom is -0.310 e. The van der Waals surface area contributed by atoms with Gasteiger partial charge >= 0.3 is 0 Å². The van der Waals surface area contributed by atoms with Gasteiger partial charge in [-0.15, -0.1) is 0 Å². The zero-order valence-corrected chi connectivity index (χ0v) is 18.1. The summed E-state index contributed by atoms with van der Waals surface area (Å²) in [7, 11) is 0. The fourth-order valence-electron chi connectivity index (χ4n) is 6.03. The van der Waals surface area contributed by atoms with Crippen LogP contribution in [0.5, 0.6) is 0 Å². The van der Waals surface area contributed by atoms with Crippen molar-refractivity contribution in [3.8, 4) is 0 Å². The third-order valence-corrected chi connectivity index (χ3v) is 8.01. The van der Waals surface area contributed by atoms with Crippen molar-refractivity contribution in [3.63, 3.8) is 0 Å². The number of hydrazine groups is 1.